The quantitative estimate of drug-likeness (QED) is 0.549. The molecule has 0 radical (unpaired) electrons. The SMILES string of the molecule is CC1=CC(C)=C(C#N)C2=C(C1)C2C. The largest absolute Gasteiger partial charge is 0.192 e. The van der Waals surface area contributed by atoms with Crippen LogP contribution in [-0.2, 0) is 0 Å². The Morgan fingerprint density at radius 3 is 2.77 bits per heavy atom. The molecule has 2 rings (SSSR count). The lowest BCUT2D eigenvalue weighted by molar-refractivity contribution is 0.949. The fraction of sp³-hybridized carbons (Fsp3) is 0.417. The summed E-state index contributed by atoms with van der Waals surface area (Å²) >= 11 is 0. The summed E-state index contributed by atoms with van der Waals surface area (Å²) in [5.41, 5.74) is 6.21. The molecule has 0 fully saturated rings. The van der Waals surface area contributed by atoms with Crippen LogP contribution in [0.4, 0.5) is 0 Å². The van der Waals surface area contributed by atoms with Crippen LogP contribution in [0.5, 0.6) is 0 Å². The van der Waals surface area contributed by atoms with Crippen LogP contribution in [-0.4, -0.2) is 0 Å². The second-order valence-corrected chi connectivity index (χ2v) is 4.00. The molecular weight excluding hydrogens is 158 g/mol. The van der Waals surface area contributed by atoms with E-state index >= 15 is 0 Å². The standard InChI is InChI=1S/C12H13N/c1-7-4-8(2)11(6-13)12-9(3)10(12)5-7/h4,9H,5H2,1-3H3. The molecule has 0 heterocycles. The zero-order chi connectivity index (χ0) is 9.59. The maximum atomic E-state index is 9.02. The minimum Gasteiger partial charge on any atom is -0.192 e. The van der Waals surface area contributed by atoms with E-state index in [9.17, 15) is 0 Å². The number of hydrogen-bond acceptors (Lipinski definition) is 1. The summed E-state index contributed by atoms with van der Waals surface area (Å²) in [5, 5.41) is 9.02. The molecule has 2 aliphatic carbocycles. The third-order valence-electron chi connectivity index (χ3n) is 2.93. The maximum Gasteiger partial charge on any atom is 0.0997 e. The van der Waals surface area contributed by atoms with E-state index in [-0.39, 0.29) is 0 Å². The lowest BCUT2D eigenvalue weighted by Crippen LogP contribution is -1.87. The highest BCUT2D eigenvalue weighted by Gasteiger charge is 2.36. The van der Waals surface area contributed by atoms with Crippen molar-refractivity contribution in [3.63, 3.8) is 0 Å². The number of nitrogens with zero attached hydrogens (tertiary/aromatic N) is 1. The van der Waals surface area contributed by atoms with Crippen LogP contribution in [0.1, 0.15) is 27.2 Å². The first kappa shape index (κ1) is 8.31. The summed E-state index contributed by atoms with van der Waals surface area (Å²) in [6, 6.07) is 2.31. The Balaban J connectivity index is 2.50. The summed E-state index contributed by atoms with van der Waals surface area (Å²) < 4.78 is 0. The van der Waals surface area contributed by atoms with Gasteiger partial charge in [0.1, 0.15) is 0 Å². The number of allylic oxidation sites excluding steroid dienone is 6. The van der Waals surface area contributed by atoms with Crippen molar-refractivity contribution in [3.05, 3.63) is 33.9 Å². The minimum atomic E-state index is 0.563. The third kappa shape index (κ3) is 1.14. The van der Waals surface area contributed by atoms with Gasteiger partial charge >= 0.3 is 0 Å². The first-order valence-corrected chi connectivity index (χ1v) is 4.66. The Morgan fingerprint density at radius 2 is 2.15 bits per heavy atom. The van der Waals surface area contributed by atoms with Gasteiger partial charge < -0.3 is 0 Å². The van der Waals surface area contributed by atoms with E-state index in [2.05, 4.69) is 26.0 Å². The Bertz CT molecular complexity index is 399. The fourth-order valence-electron chi connectivity index (χ4n) is 2.18. The van der Waals surface area contributed by atoms with Gasteiger partial charge in [-0.15, -0.1) is 0 Å². The average Bonchev–Trinajstić information content (AvgIpc) is 2.67. The minimum absolute atomic E-state index is 0.563. The van der Waals surface area contributed by atoms with Gasteiger partial charge in [-0.3, -0.25) is 0 Å². The molecule has 0 amide bonds. The molecule has 2 aliphatic rings. The molecule has 1 heteroatoms. The topological polar surface area (TPSA) is 23.8 Å². The lowest BCUT2D eigenvalue weighted by atomic mass is 10.0. The van der Waals surface area contributed by atoms with Crippen molar-refractivity contribution in [2.75, 3.05) is 0 Å². The second kappa shape index (κ2) is 2.60. The zero-order valence-corrected chi connectivity index (χ0v) is 8.31. The van der Waals surface area contributed by atoms with Crippen molar-refractivity contribution in [1.82, 2.24) is 0 Å². The Hall–Kier alpha value is -1.29. The molecule has 1 nitrogen and oxygen atoms in total. The van der Waals surface area contributed by atoms with Gasteiger partial charge in [0.15, 0.2) is 0 Å². The Labute approximate surface area is 79.1 Å². The smallest absolute Gasteiger partial charge is 0.0997 e. The molecule has 0 bridgehead atoms. The molecule has 1 unspecified atom stereocenters. The van der Waals surface area contributed by atoms with Gasteiger partial charge in [0.05, 0.1) is 11.6 Å². The predicted molar refractivity (Wildman–Crippen MR) is 52.9 cm³/mol. The van der Waals surface area contributed by atoms with E-state index < -0.39 is 0 Å². The molecule has 1 atom stereocenters. The van der Waals surface area contributed by atoms with Crippen molar-refractivity contribution < 1.29 is 0 Å². The van der Waals surface area contributed by atoms with Gasteiger partial charge in [-0.25, -0.2) is 0 Å². The molecule has 0 aliphatic heterocycles. The summed E-state index contributed by atoms with van der Waals surface area (Å²) in [6.07, 6.45) is 3.20. The first-order chi connectivity index (χ1) is 6.15. The molecular formula is C12H13N. The van der Waals surface area contributed by atoms with Gasteiger partial charge in [-0.1, -0.05) is 24.1 Å². The van der Waals surface area contributed by atoms with Crippen LogP contribution in [0.15, 0.2) is 33.9 Å². The zero-order valence-electron chi connectivity index (χ0n) is 8.31. The van der Waals surface area contributed by atoms with E-state index in [1.54, 1.807) is 0 Å². The van der Waals surface area contributed by atoms with Gasteiger partial charge in [0, 0.05) is 5.92 Å². The van der Waals surface area contributed by atoms with Crippen LogP contribution in [0.25, 0.3) is 0 Å². The van der Waals surface area contributed by atoms with Gasteiger partial charge in [-0.2, -0.15) is 5.26 Å². The van der Waals surface area contributed by atoms with E-state index in [1.165, 1.54) is 16.7 Å². The highest BCUT2D eigenvalue weighted by Crippen LogP contribution is 2.49. The van der Waals surface area contributed by atoms with Crippen molar-refractivity contribution in [2.24, 2.45) is 5.92 Å². The first-order valence-electron chi connectivity index (χ1n) is 4.66. The molecule has 66 valence electrons. The van der Waals surface area contributed by atoms with Crippen molar-refractivity contribution in [2.45, 2.75) is 27.2 Å². The Morgan fingerprint density at radius 1 is 1.46 bits per heavy atom. The van der Waals surface area contributed by atoms with Gasteiger partial charge in [0.2, 0.25) is 0 Å². The Kier molecular flexibility index (Phi) is 1.66. The number of rotatable bonds is 0. The molecule has 0 saturated carbocycles. The maximum absolute atomic E-state index is 9.02. The van der Waals surface area contributed by atoms with Crippen LogP contribution in [0.3, 0.4) is 0 Å². The monoisotopic (exact) mass is 171 g/mol. The fourth-order valence-corrected chi connectivity index (χ4v) is 2.18. The van der Waals surface area contributed by atoms with Crippen LogP contribution in [0, 0.1) is 17.2 Å². The molecule has 13 heavy (non-hydrogen) atoms. The van der Waals surface area contributed by atoms with Crippen LogP contribution in [0.2, 0.25) is 0 Å². The van der Waals surface area contributed by atoms with Crippen molar-refractivity contribution in [3.8, 4) is 6.07 Å². The van der Waals surface area contributed by atoms with E-state index in [0.29, 0.717) is 5.92 Å². The average molecular weight is 171 g/mol. The van der Waals surface area contributed by atoms with E-state index in [0.717, 1.165) is 17.6 Å². The molecule has 0 aromatic heterocycles. The third-order valence-corrected chi connectivity index (χ3v) is 2.93. The second-order valence-electron chi connectivity index (χ2n) is 4.00. The van der Waals surface area contributed by atoms with Crippen LogP contribution >= 0.6 is 0 Å². The van der Waals surface area contributed by atoms with E-state index in [1.807, 2.05) is 6.92 Å². The highest BCUT2D eigenvalue weighted by atomic mass is 14.4. The molecule has 0 N–H and O–H groups in total. The highest BCUT2D eigenvalue weighted by molar-refractivity contribution is 5.64. The lowest BCUT2D eigenvalue weighted by Gasteiger charge is -2.01. The number of nitriles is 1. The summed E-state index contributed by atoms with van der Waals surface area (Å²) in [5.74, 6) is 0.563. The van der Waals surface area contributed by atoms with Crippen LogP contribution < -0.4 is 0 Å². The summed E-state index contributed by atoms with van der Waals surface area (Å²) in [6.45, 7) is 6.36. The summed E-state index contributed by atoms with van der Waals surface area (Å²) in [7, 11) is 0. The van der Waals surface area contributed by atoms with Crippen molar-refractivity contribution >= 4 is 0 Å². The number of hydrogen-bond donors (Lipinski definition) is 0. The normalized spacial score (nSPS) is 26.3. The molecule has 0 aromatic rings. The van der Waals surface area contributed by atoms with E-state index in [4.69, 9.17) is 5.26 Å². The molecule has 0 aromatic carbocycles. The predicted octanol–water partition coefficient (Wildman–Crippen LogP) is 3.12. The van der Waals surface area contributed by atoms with Gasteiger partial charge in [-0.05, 0) is 31.4 Å². The molecule has 0 spiro atoms. The molecule has 0 saturated heterocycles. The summed E-state index contributed by atoms with van der Waals surface area (Å²) in [4.78, 5) is 0. The van der Waals surface area contributed by atoms with Crippen molar-refractivity contribution in [1.29, 1.82) is 5.26 Å². The van der Waals surface area contributed by atoms with Gasteiger partial charge in [0.25, 0.3) is 0 Å².